The average molecular weight is 376 g/mol. The lowest BCUT2D eigenvalue weighted by atomic mass is 9.87. The largest absolute Gasteiger partial charge is 0.369 e. The number of amides is 2. The molecule has 0 spiro atoms. The van der Waals surface area contributed by atoms with Crippen LogP contribution in [-0.2, 0) is 10.3 Å². The number of benzene rings is 1. The first kappa shape index (κ1) is 17.7. The third-order valence-electron chi connectivity index (χ3n) is 4.95. The molecular formula is C20H20N6O2. The van der Waals surface area contributed by atoms with E-state index in [9.17, 15) is 9.59 Å². The van der Waals surface area contributed by atoms with Crippen LogP contribution in [0.15, 0.2) is 53.7 Å². The Morgan fingerprint density at radius 1 is 1.29 bits per heavy atom. The quantitative estimate of drug-likeness (QED) is 0.650. The Morgan fingerprint density at radius 3 is 2.86 bits per heavy atom. The maximum Gasteiger partial charge on any atom is 0.272 e. The first-order valence-corrected chi connectivity index (χ1v) is 8.83. The second-order valence-electron chi connectivity index (χ2n) is 7.03. The third-order valence-corrected chi connectivity index (χ3v) is 4.95. The molecule has 8 nitrogen and oxygen atoms in total. The normalized spacial score (nSPS) is 19.6. The van der Waals surface area contributed by atoms with Crippen molar-refractivity contribution in [2.45, 2.75) is 18.9 Å². The molecule has 28 heavy (non-hydrogen) atoms. The summed E-state index contributed by atoms with van der Waals surface area (Å²) in [7, 11) is 1.60. The van der Waals surface area contributed by atoms with Gasteiger partial charge in [0.2, 0.25) is 5.91 Å². The predicted molar refractivity (Wildman–Crippen MR) is 107 cm³/mol. The summed E-state index contributed by atoms with van der Waals surface area (Å²) >= 11 is 0. The van der Waals surface area contributed by atoms with Crippen LogP contribution < -0.4 is 11.1 Å². The Bertz CT molecular complexity index is 1090. The van der Waals surface area contributed by atoms with Crippen molar-refractivity contribution < 1.29 is 9.59 Å². The minimum atomic E-state index is -0.778. The summed E-state index contributed by atoms with van der Waals surface area (Å²) in [6.07, 6.45) is 1.87. The van der Waals surface area contributed by atoms with Crippen molar-refractivity contribution in [1.29, 1.82) is 0 Å². The van der Waals surface area contributed by atoms with E-state index in [1.165, 1.54) is 4.90 Å². The summed E-state index contributed by atoms with van der Waals surface area (Å²) in [5.74, 6) is -0.198. The van der Waals surface area contributed by atoms with Crippen LogP contribution in [0.2, 0.25) is 0 Å². The highest BCUT2D eigenvalue weighted by Crippen LogP contribution is 2.34. The zero-order valence-corrected chi connectivity index (χ0v) is 15.6. The number of aliphatic imine (C=N–C) groups is 1. The molecule has 142 valence electrons. The van der Waals surface area contributed by atoms with Gasteiger partial charge in [-0.2, -0.15) is 0 Å². The number of hydrogen-bond donors (Lipinski definition) is 3. The van der Waals surface area contributed by atoms with Gasteiger partial charge < -0.3 is 16.0 Å². The van der Waals surface area contributed by atoms with E-state index < -0.39 is 5.54 Å². The highest BCUT2D eigenvalue weighted by molar-refractivity contribution is 6.05. The van der Waals surface area contributed by atoms with E-state index in [-0.39, 0.29) is 24.2 Å². The number of pyridine rings is 1. The van der Waals surface area contributed by atoms with Gasteiger partial charge >= 0.3 is 0 Å². The number of aromatic amines is 1. The van der Waals surface area contributed by atoms with Crippen molar-refractivity contribution in [3.05, 3.63) is 59.9 Å². The summed E-state index contributed by atoms with van der Waals surface area (Å²) in [6, 6.07) is 12.7. The van der Waals surface area contributed by atoms with E-state index in [2.05, 4.69) is 20.3 Å². The average Bonchev–Trinajstić information content (AvgIpc) is 3.11. The molecule has 1 aromatic carbocycles. The molecule has 4 N–H and O–H groups in total. The van der Waals surface area contributed by atoms with Crippen LogP contribution in [-0.4, -0.2) is 39.7 Å². The Hall–Kier alpha value is -3.68. The third kappa shape index (κ3) is 3.09. The molecule has 2 aromatic heterocycles. The lowest BCUT2D eigenvalue weighted by Gasteiger charge is -2.33. The van der Waals surface area contributed by atoms with Gasteiger partial charge in [-0.1, -0.05) is 12.1 Å². The second kappa shape index (κ2) is 6.49. The maximum absolute atomic E-state index is 12.6. The molecule has 1 atom stereocenters. The van der Waals surface area contributed by atoms with Crippen molar-refractivity contribution in [3.63, 3.8) is 0 Å². The van der Waals surface area contributed by atoms with E-state index in [4.69, 9.17) is 5.73 Å². The van der Waals surface area contributed by atoms with Gasteiger partial charge in [0.1, 0.15) is 11.3 Å². The van der Waals surface area contributed by atoms with Gasteiger partial charge in [0, 0.05) is 24.3 Å². The Balaban J connectivity index is 1.60. The zero-order valence-electron chi connectivity index (χ0n) is 15.6. The zero-order chi connectivity index (χ0) is 19.9. The van der Waals surface area contributed by atoms with E-state index in [1.54, 1.807) is 25.4 Å². The first-order valence-electron chi connectivity index (χ1n) is 8.83. The molecule has 0 unspecified atom stereocenters. The number of guanidine groups is 1. The number of anilines is 1. The number of nitrogens with zero attached hydrogens (tertiary/aromatic N) is 3. The molecule has 1 aliphatic rings. The Morgan fingerprint density at radius 2 is 2.11 bits per heavy atom. The van der Waals surface area contributed by atoms with Crippen LogP contribution >= 0.6 is 0 Å². The highest BCUT2D eigenvalue weighted by atomic mass is 16.2. The molecule has 4 rings (SSSR count). The van der Waals surface area contributed by atoms with Crippen LogP contribution in [0.3, 0.4) is 0 Å². The molecule has 0 saturated carbocycles. The summed E-state index contributed by atoms with van der Waals surface area (Å²) in [5, 5.41) is 3.74. The van der Waals surface area contributed by atoms with Gasteiger partial charge in [-0.3, -0.25) is 14.5 Å². The van der Waals surface area contributed by atoms with Crippen LogP contribution in [0.4, 0.5) is 5.69 Å². The molecule has 8 heteroatoms. The standard InChI is InChI=1S/C20H20N6O2/c1-20(11-16(27)26(2)19(21)25-20)13-6-3-7-14(10-13)23-18(28)15-9-12-5-4-8-22-17(12)24-15/h3-10H,11H2,1-2H3,(H2,21,25)(H,22,24)(H,23,28)/t20-/m0/s1. The van der Waals surface area contributed by atoms with Crippen molar-refractivity contribution in [3.8, 4) is 0 Å². The molecule has 1 aliphatic heterocycles. The van der Waals surface area contributed by atoms with Crippen LogP contribution in [0, 0.1) is 0 Å². The minimum absolute atomic E-state index is 0.102. The van der Waals surface area contributed by atoms with E-state index in [1.807, 2.05) is 37.3 Å². The molecule has 3 aromatic rings. The summed E-state index contributed by atoms with van der Waals surface area (Å²) in [4.78, 5) is 37.9. The molecule has 3 heterocycles. The van der Waals surface area contributed by atoms with Gasteiger partial charge in [-0.15, -0.1) is 0 Å². The fourth-order valence-corrected chi connectivity index (χ4v) is 3.29. The number of H-pyrrole nitrogens is 1. The number of carbonyl (C=O) groups excluding carboxylic acids is 2. The number of hydrogen-bond acceptors (Lipinski definition) is 5. The minimum Gasteiger partial charge on any atom is -0.369 e. The summed E-state index contributed by atoms with van der Waals surface area (Å²) in [6.45, 7) is 1.86. The molecule has 0 radical (unpaired) electrons. The topological polar surface area (TPSA) is 116 Å². The molecular weight excluding hydrogens is 356 g/mol. The molecule has 0 saturated heterocycles. The van der Waals surface area contributed by atoms with Gasteiger partial charge in [-0.25, -0.2) is 9.98 Å². The smallest absolute Gasteiger partial charge is 0.272 e. The second-order valence-corrected chi connectivity index (χ2v) is 7.03. The number of rotatable bonds is 3. The molecule has 0 bridgehead atoms. The fourth-order valence-electron chi connectivity index (χ4n) is 3.29. The highest BCUT2D eigenvalue weighted by Gasteiger charge is 2.36. The summed E-state index contributed by atoms with van der Waals surface area (Å²) < 4.78 is 0. The molecule has 2 amide bonds. The van der Waals surface area contributed by atoms with Crippen LogP contribution in [0.5, 0.6) is 0 Å². The lowest BCUT2D eigenvalue weighted by molar-refractivity contribution is -0.128. The van der Waals surface area contributed by atoms with Crippen molar-refractivity contribution in [2.24, 2.45) is 10.7 Å². The van der Waals surface area contributed by atoms with Crippen LogP contribution in [0.25, 0.3) is 11.0 Å². The number of aromatic nitrogens is 2. The van der Waals surface area contributed by atoms with Crippen LogP contribution in [0.1, 0.15) is 29.4 Å². The Kier molecular flexibility index (Phi) is 4.11. The van der Waals surface area contributed by atoms with Gasteiger partial charge in [0.05, 0.1) is 12.0 Å². The monoisotopic (exact) mass is 376 g/mol. The Labute approximate surface area is 161 Å². The van der Waals surface area contributed by atoms with Crippen molar-refractivity contribution in [1.82, 2.24) is 14.9 Å². The van der Waals surface area contributed by atoms with Crippen molar-refractivity contribution in [2.75, 3.05) is 12.4 Å². The number of carbonyl (C=O) groups is 2. The number of nitrogens with two attached hydrogens (primary N) is 1. The van der Waals surface area contributed by atoms with Gasteiger partial charge in [0.25, 0.3) is 5.91 Å². The summed E-state index contributed by atoms with van der Waals surface area (Å²) in [5.41, 5.74) is 7.59. The maximum atomic E-state index is 12.6. The van der Waals surface area contributed by atoms with Gasteiger partial charge in [0.15, 0.2) is 5.96 Å². The predicted octanol–water partition coefficient (Wildman–Crippen LogP) is 2.21. The molecule has 0 fully saturated rings. The molecule has 0 aliphatic carbocycles. The number of fused-ring (bicyclic) bond motifs is 1. The van der Waals surface area contributed by atoms with E-state index in [0.29, 0.717) is 17.0 Å². The van der Waals surface area contributed by atoms with E-state index in [0.717, 1.165) is 10.9 Å². The lowest BCUT2D eigenvalue weighted by Crippen LogP contribution is -2.47. The SMILES string of the molecule is CN1C(=O)C[C@@](C)(c2cccc(NC(=O)c3cc4cccnc4[nH]3)c2)N=C1N. The number of nitrogens with one attached hydrogen (secondary N) is 2. The van der Waals surface area contributed by atoms with E-state index >= 15 is 0 Å². The van der Waals surface area contributed by atoms with Crippen molar-refractivity contribution >= 4 is 34.5 Å². The fraction of sp³-hybridized carbons (Fsp3) is 0.200. The van der Waals surface area contributed by atoms with Gasteiger partial charge in [-0.05, 0) is 42.8 Å². The first-order chi connectivity index (χ1) is 13.4.